The maximum absolute atomic E-state index is 11.0. The summed E-state index contributed by atoms with van der Waals surface area (Å²) in [5.74, 6) is 0.413. The first-order chi connectivity index (χ1) is 8.11. The van der Waals surface area contributed by atoms with Gasteiger partial charge in [0, 0.05) is 17.0 Å². The summed E-state index contributed by atoms with van der Waals surface area (Å²) in [6.07, 6.45) is 5.49. The molecule has 2 aliphatic carbocycles. The molecule has 17 heavy (non-hydrogen) atoms. The van der Waals surface area contributed by atoms with Gasteiger partial charge in [-0.15, -0.1) is 0 Å². The SMILES string of the molecule is Cc1c2c(nc(N)c1[N+](=O)[O-])C1CCCC=C21. The molecule has 1 unspecified atom stereocenters. The lowest BCUT2D eigenvalue weighted by Crippen LogP contribution is -2.23. The van der Waals surface area contributed by atoms with Gasteiger partial charge in [-0.2, -0.15) is 0 Å². The molecule has 0 fully saturated rings. The van der Waals surface area contributed by atoms with Crippen LogP contribution < -0.4 is 5.73 Å². The zero-order valence-corrected chi connectivity index (χ0v) is 9.56. The lowest BCUT2D eigenvalue weighted by Gasteiger charge is -2.36. The summed E-state index contributed by atoms with van der Waals surface area (Å²) in [4.78, 5) is 14.7. The molecule has 1 atom stereocenters. The molecule has 0 saturated carbocycles. The van der Waals surface area contributed by atoms with Gasteiger partial charge < -0.3 is 5.73 Å². The highest BCUT2D eigenvalue weighted by Crippen LogP contribution is 2.53. The molecule has 1 heterocycles. The second-order valence-corrected chi connectivity index (χ2v) is 4.63. The van der Waals surface area contributed by atoms with Crippen LogP contribution >= 0.6 is 0 Å². The maximum Gasteiger partial charge on any atom is 0.314 e. The molecule has 2 N–H and O–H groups in total. The molecule has 5 nitrogen and oxygen atoms in total. The van der Waals surface area contributed by atoms with Crippen molar-refractivity contribution in [3.63, 3.8) is 0 Å². The third-order valence-electron chi connectivity index (χ3n) is 3.71. The van der Waals surface area contributed by atoms with Crippen LogP contribution in [0.2, 0.25) is 0 Å². The van der Waals surface area contributed by atoms with Crippen LogP contribution in [-0.4, -0.2) is 9.91 Å². The van der Waals surface area contributed by atoms with Crippen molar-refractivity contribution in [2.75, 3.05) is 5.73 Å². The van der Waals surface area contributed by atoms with Gasteiger partial charge in [0.05, 0.1) is 10.6 Å². The van der Waals surface area contributed by atoms with Crippen molar-refractivity contribution in [3.05, 3.63) is 33.0 Å². The Morgan fingerprint density at radius 3 is 3.06 bits per heavy atom. The number of anilines is 1. The van der Waals surface area contributed by atoms with Gasteiger partial charge in [0.15, 0.2) is 0 Å². The second-order valence-electron chi connectivity index (χ2n) is 4.63. The van der Waals surface area contributed by atoms with Gasteiger partial charge in [-0.05, 0) is 31.8 Å². The lowest BCUT2D eigenvalue weighted by atomic mass is 9.69. The predicted octanol–water partition coefficient (Wildman–Crippen LogP) is 2.54. The fourth-order valence-electron chi connectivity index (χ4n) is 2.95. The van der Waals surface area contributed by atoms with Crippen LogP contribution in [0.15, 0.2) is 6.08 Å². The normalized spacial score (nSPS) is 21.0. The van der Waals surface area contributed by atoms with Crippen molar-refractivity contribution in [1.82, 2.24) is 4.98 Å². The van der Waals surface area contributed by atoms with E-state index in [9.17, 15) is 10.1 Å². The Kier molecular flexibility index (Phi) is 1.98. The Morgan fingerprint density at radius 1 is 1.59 bits per heavy atom. The molecule has 1 aromatic rings. The van der Waals surface area contributed by atoms with Gasteiger partial charge in [-0.25, -0.2) is 4.98 Å². The molecule has 3 rings (SSSR count). The Bertz CT molecular complexity index is 563. The van der Waals surface area contributed by atoms with E-state index in [1.807, 2.05) is 0 Å². The summed E-state index contributed by atoms with van der Waals surface area (Å²) < 4.78 is 0. The van der Waals surface area contributed by atoms with E-state index in [1.54, 1.807) is 6.92 Å². The van der Waals surface area contributed by atoms with Crippen molar-refractivity contribution in [3.8, 4) is 0 Å². The van der Waals surface area contributed by atoms with Crippen molar-refractivity contribution in [2.45, 2.75) is 32.1 Å². The molecule has 0 bridgehead atoms. The molecule has 0 amide bonds. The summed E-state index contributed by atoms with van der Waals surface area (Å²) in [5, 5.41) is 11.0. The molecule has 0 saturated heterocycles. The van der Waals surface area contributed by atoms with Gasteiger partial charge in [0.25, 0.3) is 0 Å². The number of aromatic nitrogens is 1. The zero-order valence-electron chi connectivity index (χ0n) is 9.56. The first-order valence-corrected chi connectivity index (χ1v) is 5.76. The number of nitrogen functional groups attached to an aromatic ring is 1. The van der Waals surface area contributed by atoms with E-state index in [1.165, 1.54) is 5.57 Å². The largest absolute Gasteiger partial charge is 0.378 e. The van der Waals surface area contributed by atoms with E-state index < -0.39 is 4.92 Å². The monoisotopic (exact) mass is 231 g/mol. The molecule has 2 aliphatic rings. The van der Waals surface area contributed by atoms with Gasteiger partial charge >= 0.3 is 5.69 Å². The van der Waals surface area contributed by atoms with E-state index in [0.717, 1.165) is 30.5 Å². The van der Waals surface area contributed by atoms with Crippen LogP contribution in [0.3, 0.4) is 0 Å². The molecular formula is C12H13N3O2. The number of pyridine rings is 1. The van der Waals surface area contributed by atoms with Crippen molar-refractivity contribution < 1.29 is 4.92 Å². The van der Waals surface area contributed by atoms with Crippen LogP contribution in [-0.2, 0) is 0 Å². The second kappa shape index (κ2) is 3.29. The predicted molar refractivity (Wildman–Crippen MR) is 64.6 cm³/mol. The number of hydrogen-bond acceptors (Lipinski definition) is 4. The zero-order chi connectivity index (χ0) is 12.2. The summed E-state index contributed by atoms with van der Waals surface area (Å²) in [5.41, 5.74) is 9.47. The maximum atomic E-state index is 11.0. The van der Waals surface area contributed by atoms with Gasteiger partial charge in [0.2, 0.25) is 5.82 Å². The minimum absolute atomic E-state index is 0.0336. The number of nitrogens with two attached hydrogens (primary N) is 1. The number of rotatable bonds is 1. The smallest absolute Gasteiger partial charge is 0.314 e. The van der Waals surface area contributed by atoms with Crippen LogP contribution in [0.5, 0.6) is 0 Å². The fraction of sp³-hybridized carbons (Fsp3) is 0.417. The Labute approximate surface area is 98.5 Å². The Balaban J connectivity index is 2.24. The van der Waals surface area contributed by atoms with E-state index in [-0.39, 0.29) is 11.5 Å². The molecular weight excluding hydrogens is 218 g/mol. The summed E-state index contributed by atoms with van der Waals surface area (Å²) in [6, 6.07) is 0. The average Bonchev–Trinajstić information content (AvgIpc) is 2.25. The number of hydrogen-bond donors (Lipinski definition) is 1. The van der Waals surface area contributed by atoms with Crippen LogP contribution in [0.25, 0.3) is 5.57 Å². The van der Waals surface area contributed by atoms with Crippen molar-refractivity contribution >= 4 is 17.1 Å². The Morgan fingerprint density at radius 2 is 2.35 bits per heavy atom. The molecule has 88 valence electrons. The first kappa shape index (κ1) is 10.3. The fourth-order valence-corrected chi connectivity index (χ4v) is 2.95. The molecule has 0 spiro atoms. The first-order valence-electron chi connectivity index (χ1n) is 5.76. The number of allylic oxidation sites excluding steroid dienone is 2. The van der Waals surface area contributed by atoms with Crippen molar-refractivity contribution in [2.24, 2.45) is 0 Å². The summed E-state index contributed by atoms with van der Waals surface area (Å²) in [6.45, 7) is 1.76. The number of fused-ring (bicyclic) bond motifs is 4. The van der Waals surface area contributed by atoms with E-state index in [0.29, 0.717) is 11.5 Å². The van der Waals surface area contributed by atoms with E-state index in [4.69, 9.17) is 5.73 Å². The third-order valence-corrected chi connectivity index (χ3v) is 3.71. The van der Waals surface area contributed by atoms with E-state index >= 15 is 0 Å². The molecule has 1 aromatic heterocycles. The standard InChI is InChI=1S/C12H13N3O2/c1-6-9-7-4-2-3-5-8(7)10(9)14-12(13)11(6)15(16)17/h4,8H,2-3,5H2,1H3,(H2,13,14). The molecule has 5 heteroatoms. The molecule has 0 aliphatic heterocycles. The third kappa shape index (κ3) is 1.22. The highest BCUT2D eigenvalue weighted by molar-refractivity contribution is 5.88. The lowest BCUT2D eigenvalue weighted by molar-refractivity contribution is -0.384. The molecule has 0 radical (unpaired) electrons. The minimum Gasteiger partial charge on any atom is -0.378 e. The minimum atomic E-state index is -0.436. The van der Waals surface area contributed by atoms with Crippen LogP contribution in [0.1, 0.15) is 42.0 Å². The average molecular weight is 231 g/mol. The summed E-state index contributed by atoms with van der Waals surface area (Å²) >= 11 is 0. The van der Waals surface area contributed by atoms with Gasteiger partial charge in [-0.3, -0.25) is 10.1 Å². The van der Waals surface area contributed by atoms with Crippen LogP contribution in [0.4, 0.5) is 11.5 Å². The van der Waals surface area contributed by atoms with E-state index in [2.05, 4.69) is 11.1 Å². The highest BCUT2D eigenvalue weighted by atomic mass is 16.6. The highest BCUT2D eigenvalue weighted by Gasteiger charge is 2.39. The summed E-state index contributed by atoms with van der Waals surface area (Å²) in [7, 11) is 0. The number of nitro groups is 1. The topological polar surface area (TPSA) is 82.0 Å². The van der Waals surface area contributed by atoms with Gasteiger partial charge in [-0.1, -0.05) is 6.08 Å². The molecule has 0 aromatic carbocycles. The van der Waals surface area contributed by atoms with Crippen LogP contribution in [0, 0.1) is 17.0 Å². The van der Waals surface area contributed by atoms with Gasteiger partial charge in [0.1, 0.15) is 0 Å². The quantitative estimate of drug-likeness (QED) is 0.594. The number of nitrogens with zero attached hydrogens (tertiary/aromatic N) is 2. The Hall–Kier alpha value is -1.91. The van der Waals surface area contributed by atoms with Crippen molar-refractivity contribution in [1.29, 1.82) is 0 Å².